The molecule has 4 aromatic carbocycles. The number of hydrogen-bond acceptors (Lipinski definition) is 4. The van der Waals surface area contributed by atoms with Crippen molar-refractivity contribution >= 4 is 57.4 Å². The molecule has 36 heavy (non-hydrogen) atoms. The monoisotopic (exact) mass is 520 g/mol. The minimum Gasteiger partial charge on any atom is -0.467 e. The second-order valence-corrected chi connectivity index (χ2v) is 8.84. The molecule has 0 fully saturated rings. The minimum atomic E-state index is -0.899. The molecule has 0 saturated heterocycles. The minimum absolute atomic E-state index is 0.187. The summed E-state index contributed by atoms with van der Waals surface area (Å²) in [5.41, 5.74) is 1.94. The predicted octanol–water partition coefficient (Wildman–Crippen LogP) is 5.91. The highest BCUT2D eigenvalue weighted by molar-refractivity contribution is 6.40. The van der Waals surface area contributed by atoms with Crippen LogP contribution in [0, 0.1) is 0 Å². The van der Waals surface area contributed by atoms with E-state index in [1.54, 1.807) is 54.6 Å². The molecule has 0 unspecified atom stereocenters. The standard InChI is InChI=1S/C28H22Cl2N2O4/c1-36-28(35)24(32-26(33)21-9-4-7-18-6-2-3-8-20(18)21)16-17-12-14-19(15-13-17)31-27(34)25-22(29)10-5-11-23(25)30/h2-15,24H,16H2,1H3,(H,31,34)(H,32,33)/t24-/m0/s1. The average molecular weight is 521 g/mol. The second-order valence-electron chi connectivity index (χ2n) is 8.03. The summed E-state index contributed by atoms with van der Waals surface area (Å²) < 4.78 is 4.92. The molecular weight excluding hydrogens is 499 g/mol. The van der Waals surface area contributed by atoms with Crippen LogP contribution in [-0.2, 0) is 16.0 Å². The fraction of sp³-hybridized carbons (Fsp3) is 0.107. The Morgan fingerprint density at radius 2 is 1.44 bits per heavy atom. The molecule has 0 aliphatic heterocycles. The Morgan fingerprint density at radius 3 is 2.14 bits per heavy atom. The van der Waals surface area contributed by atoms with Crippen LogP contribution in [0.4, 0.5) is 5.69 Å². The van der Waals surface area contributed by atoms with Crippen LogP contribution >= 0.6 is 23.2 Å². The number of carbonyl (C=O) groups is 3. The van der Waals surface area contributed by atoms with E-state index in [9.17, 15) is 14.4 Å². The van der Waals surface area contributed by atoms with E-state index in [1.807, 2.05) is 30.3 Å². The number of rotatable bonds is 7. The number of fused-ring (bicyclic) bond motifs is 1. The van der Waals surface area contributed by atoms with E-state index in [0.29, 0.717) is 11.3 Å². The Morgan fingerprint density at radius 1 is 0.806 bits per heavy atom. The van der Waals surface area contributed by atoms with Crippen molar-refractivity contribution in [2.75, 3.05) is 12.4 Å². The first-order valence-corrected chi connectivity index (χ1v) is 11.8. The molecule has 4 aromatic rings. The van der Waals surface area contributed by atoms with Gasteiger partial charge in [0.25, 0.3) is 11.8 Å². The van der Waals surface area contributed by atoms with E-state index in [2.05, 4.69) is 10.6 Å². The van der Waals surface area contributed by atoms with Gasteiger partial charge in [-0.1, -0.05) is 77.8 Å². The third kappa shape index (κ3) is 5.67. The van der Waals surface area contributed by atoms with Gasteiger partial charge in [0.05, 0.1) is 22.7 Å². The number of benzene rings is 4. The molecule has 8 heteroatoms. The Bertz CT molecular complexity index is 1410. The summed E-state index contributed by atoms with van der Waals surface area (Å²) in [6, 6.07) is 23.8. The van der Waals surface area contributed by atoms with Crippen molar-refractivity contribution < 1.29 is 19.1 Å². The van der Waals surface area contributed by atoms with E-state index in [0.717, 1.165) is 16.3 Å². The van der Waals surface area contributed by atoms with Crippen LogP contribution in [0.3, 0.4) is 0 Å². The molecule has 2 amide bonds. The van der Waals surface area contributed by atoms with Gasteiger partial charge in [-0.2, -0.15) is 0 Å². The first-order valence-electron chi connectivity index (χ1n) is 11.1. The van der Waals surface area contributed by atoms with E-state index in [4.69, 9.17) is 27.9 Å². The van der Waals surface area contributed by atoms with Crippen molar-refractivity contribution in [2.24, 2.45) is 0 Å². The third-order valence-electron chi connectivity index (χ3n) is 5.67. The molecule has 0 bridgehead atoms. The Kier molecular flexibility index (Phi) is 7.88. The van der Waals surface area contributed by atoms with Crippen LogP contribution in [0.15, 0.2) is 84.9 Å². The fourth-order valence-corrected chi connectivity index (χ4v) is 4.43. The van der Waals surface area contributed by atoms with Crippen molar-refractivity contribution in [3.8, 4) is 0 Å². The molecule has 0 spiro atoms. The molecule has 0 aliphatic rings. The number of esters is 1. The molecular formula is C28H22Cl2N2O4. The molecule has 1 atom stereocenters. The van der Waals surface area contributed by atoms with Gasteiger partial charge in [0.15, 0.2) is 0 Å². The number of hydrogen-bond donors (Lipinski definition) is 2. The van der Waals surface area contributed by atoms with Crippen LogP contribution in [0.5, 0.6) is 0 Å². The summed E-state index contributed by atoms with van der Waals surface area (Å²) in [6.45, 7) is 0. The van der Waals surface area contributed by atoms with E-state index in [-0.39, 0.29) is 27.9 Å². The van der Waals surface area contributed by atoms with Gasteiger partial charge >= 0.3 is 5.97 Å². The lowest BCUT2D eigenvalue weighted by Gasteiger charge is -2.18. The highest BCUT2D eigenvalue weighted by Crippen LogP contribution is 2.25. The van der Waals surface area contributed by atoms with Crippen LogP contribution in [0.2, 0.25) is 10.0 Å². The fourth-order valence-electron chi connectivity index (χ4n) is 3.86. The molecule has 0 aromatic heterocycles. The van der Waals surface area contributed by atoms with Gasteiger partial charge in [0.2, 0.25) is 0 Å². The zero-order valence-electron chi connectivity index (χ0n) is 19.3. The van der Waals surface area contributed by atoms with Gasteiger partial charge in [-0.05, 0) is 46.7 Å². The normalized spacial score (nSPS) is 11.5. The van der Waals surface area contributed by atoms with Gasteiger partial charge in [0, 0.05) is 17.7 Å². The van der Waals surface area contributed by atoms with E-state index >= 15 is 0 Å². The maximum absolute atomic E-state index is 13.1. The number of nitrogens with one attached hydrogen (secondary N) is 2. The molecule has 0 saturated carbocycles. The Balaban J connectivity index is 1.48. The van der Waals surface area contributed by atoms with Gasteiger partial charge in [-0.15, -0.1) is 0 Å². The van der Waals surface area contributed by atoms with Crippen molar-refractivity contribution in [1.29, 1.82) is 0 Å². The molecule has 6 nitrogen and oxygen atoms in total. The maximum atomic E-state index is 13.1. The number of ether oxygens (including phenoxy) is 1. The zero-order chi connectivity index (χ0) is 25.7. The summed E-state index contributed by atoms with van der Waals surface area (Å²) in [4.78, 5) is 38.1. The van der Waals surface area contributed by atoms with Crippen LogP contribution in [-0.4, -0.2) is 30.9 Å². The molecule has 0 heterocycles. The molecule has 0 radical (unpaired) electrons. The van der Waals surface area contributed by atoms with Crippen molar-refractivity contribution in [2.45, 2.75) is 12.5 Å². The Hall–Kier alpha value is -3.87. The number of amides is 2. The zero-order valence-corrected chi connectivity index (χ0v) is 20.8. The van der Waals surface area contributed by atoms with Gasteiger partial charge < -0.3 is 15.4 Å². The highest BCUT2D eigenvalue weighted by atomic mass is 35.5. The van der Waals surface area contributed by atoms with Gasteiger partial charge in [-0.3, -0.25) is 9.59 Å². The molecule has 0 aliphatic carbocycles. The van der Waals surface area contributed by atoms with E-state index < -0.39 is 17.9 Å². The third-order valence-corrected chi connectivity index (χ3v) is 6.30. The summed E-state index contributed by atoms with van der Waals surface area (Å²) >= 11 is 12.2. The second kappa shape index (κ2) is 11.2. The number of halogens is 2. The number of carbonyl (C=O) groups excluding carboxylic acids is 3. The molecule has 4 rings (SSSR count). The van der Waals surface area contributed by atoms with Crippen LogP contribution in [0.1, 0.15) is 26.3 Å². The summed E-state index contributed by atoms with van der Waals surface area (Å²) in [7, 11) is 1.28. The SMILES string of the molecule is COC(=O)[C@H](Cc1ccc(NC(=O)c2c(Cl)cccc2Cl)cc1)NC(=O)c1cccc2ccccc12. The van der Waals surface area contributed by atoms with Crippen molar-refractivity contribution in [3.05, 3.63) is 112 Å². The largest absolute Gasteiger partial charge is 0.467 e. The lowest BCUT2D eigenvalue weighted by molar-refractivity contribution is -0.142. The smallest absolute Gasteiger partial charge is 0.328 e. The van der Waals surface area contributed by atoms with Crippen molar-refractivity contribution in [3.63, 3.8) is 0 Å². The maximum Gasteiger partial charge on any atom is 0.328 e. The lowest BCUT2D eigenvalue weighted by Crippen LogP contribution is -2.43. The van der Waals surface area contributed by atoms with Gasteiger partial charge in [0.1, 0.15) is 6.04 Å². The number of methoxy groups -OCH3 is 1. The summed E-state index contributed by atoms with van der Waals surface area (Å²) in [5, 5.41) is 7.77. The van der Waals surface area contributed by atoms with Crippen molar-refractivity contribution in [1.82, 2.24) is 5.32 Å². The quantitative estimate of drug-likeness (QED) is 0.296. The first-order chi connectivity index (χ1) is 17.4. The molecule has 2 N–H and O–H groups in total. The topological polar surface area (TPSA) is 84.5 Å². The summed E-state index contributed by atoms with van der Waals surface area (Å²) in [5.74, 6) is -1.37. The average Bonchev–Trinajstić information content (AvgIpc) is 2.88. The number of anilines is 1. The van der Waals surface area contributed by atoms with Crippen LogP contribution in [0.25, 0.3) is 10.8 Å². The Labute approximate surface area is 218 Å². The van der Waals surface area contributed by atoms with Gasteiger partial charge in [-0.25, -0.2) is 4.79 Å². The van der Waals surface area contributed by atoms with E-state index in [1.165, 1.54) is 7.11 Å². The van der Waals surface area contributed by atoms with Crippen LogP contribution < -0.4 is 10.6 Å². The predicted molar refractivity (Wildman–Crippen MR) is 142 cm³/mol. The summed E-state index contributed by atoms with van der Waals surface area (Å²) in [6.07, 6.45) is 0.202. The highest BCUT2D eigenvalue weighted by Gasteiger charge is 2.23. The molecule has 182 valence electrons. The lowest BCUT2D eigenvalue weighted by atomic mass is 10.0. The first kappa shape index (κ1) is 25.2.